The van der Waals surface area contributed by atoms with Crippen LogP contribution in [0.4, 0.5) is 0 Å². The molecule has 1 aromatic rings. The second-order valence-corrected chi connectivity index (χ2v) is 5.79. The third-order valence-corrected chi connectivity index (χ3v) is 4.00. The van der Waals surface area contributed by atoms with E-state index < -0.39 is 0 Å². The van der Waals surface area contributed by atoms with E-state index >= 15 is 0 Å². The Morgan fingerprint density at radius 1 is 1.47 bits per heavy atom. The molecule has 17 heavy (non-hydrogen) atoms. The van der Waals surface area contributed by atoms with Gasteiger partial charge in [0.2, 0.25) is 5.89 Å². The second-order valence-electron chi connectivity index (χ2n) is 5.79. The van der Waals surface area contributed by atoms with Gasteiger partial charge in [0.25, 0.3) is 0 Å². The van der Waals surface area contributed by atoms with Crippen LogP contribution in [0.25, 0.3) is 0 Å². The third kappa shape index (κ3) is 1.98. The van der Waals surface area contributed by atoms with Gasteiger partial charge in [-0.25, -0.2) is 0 Å². The van der Waals surface area contributed by atoms with Crippen molar-refractivity contribution < 1.29 is 9.26 Å². The number of methoxy groups -OCH3 is 1. The Balaban J connectivity index is 1.69. The van der Waals surface area contributed by atoms with Crippen molar-refractivity contribution in [1.29, 1.82) is 0 Å². The highest BCUT2D eigenvalue weighted by Gasteiger charge is 2.49. The van der Waals surface area contributed by atoms with Crippen LogP contribution in [0.3, 0.4) is 0 Å². The van der Waals surface area contributed by atoms with Crippen molar-refractivity contribution in [3.63, 3.8) is 0 Å². The molecule has 1 aliphatic heterocycles. The molecule has 2 fully saturated rings. The van der Waals surface area contributed by atoms with Crippen LogP contribution in [0, 0.1) is 5.41 Å². The molecule has 1 N–H and O–H groups in total. The van der Waals surface area contributed by atoms with E-state index in [2.05, 4.69) is 29.3 Å². The van der Waals surface area contributed by atoms with Crippen LogP contribution in [0.2, 0.25) is 0 Å². The summed E-state index contributed by atoms with van der Waals surface area (Å²) in [6, 6.07) is 0.156. The first-order valence-corrected chi connectivity index (χ1v) is 6.20. The van der Waals surface area contributed by atoms with Crippen LogP contribution in [0.5, 0.6) is 0 Å². The number of hydrogen-bond donors (Lipinski definition) is 1. The minimum absolute atomic E-state index is 0.156. The smallest absolute Gasteiger partial charge is 0.243 e. The number of nitrogens with zero attached hydrogens (tertiary/aromatic N) is 2. The van der Waals surface area contributed by atoms with E-state index in [-0.39, 0.29) is 12.1 Å². The van der Waals surface area contributed by atoms with E-state index in [9.17, 15) is 0 Å². The first-order valence-electron chi connectivity index (χ1n) is 6.20. The molecule has 5 nitrogen and oxygen atoms in total. The molecule has 1 saturated carbocycles. The molecular weight excluding hydrogens is 218 g/mol. The molecule has 1 aliphatic carbocycles. The van der Waals surface area contributed by atoms with Gasteiger partial charge in [0.15, 0.2) is 5.82 Å². The molecule has 3 rings (SSSR count). The largest absolute Gasteiger partial charge is 0.380 e. The highest BCUT2D eigenvalue weighted by Crippen LogP contribution is 2.57. The van der Waals surface area contributed by atoms with Gasteiger partial charge in [0.1, 0.15) is 0 Å². The van der Waals surface area contributed by atoms with Gasteiger partial charge in [0, 0.05) is 19.6 Å². The molecule has 2 aliphatic rings. The molecule has 1 unspecified atom stereocenters. The predicted molar refractivity (Wildman–Crippen MR) is 61.6 cm³/mol. The summed E-state index contributed by atoms with van der Waals surface area (Å²) in [5.74, 6) is 2.05. The highest BCUT2D eigenvalue weighted by atomic mass is 16.5. The maximum Gasteiger partial charge on any atom is 0.243 e. The van der Waals surface area contributed by atoms with Gasteiger partial charge in [-0.3, -0.25) is 0 Å². The molecule has 94 valence electrons. The number of nitrogens with one attached hydrogen (secondary N) is 1. The van der Waals surface area contributed by atoms with Crippen LogP contribution in [-0.4, -0.2) is 29.9 Å². The molecule has 0 bridgehead atoms. The third-order valence-electron chi connectivity index (χ3n) is 4.00. The minimum atomic E-state index is 0.156. The Labute approximate surface area is 101 Å². The fourth-order valence-electron chi connectivity index (χ4n) is 2.51. The van der Waals surface area contributed by atoms with Gasteiger partial charge in [-0.1, -0.05) is 19.0 Å². The average molecular weight is 237 g/mol. The monoisotopic (exact) mass is 237 g/mol. The number of hydrogen-bond acceptors (Lipinski definition) is 5. The van der Waals surface area contributed by atoms with E-state index in [1.165, 1.54) is 0 Å². The lowest BCUT2D eigenvalue weighted by molar-refractivity contribution is 0.116. The van der Waals surface area contributed by atoms with Gasteiger partial charge in [-0.2, -0.15) is 4.98 Å². The van der Waals surface area contributed by atoms with Crippen molar-refractivity contribution >= 4 is 0 Å². The van der Waals surface area contributed by atoms with E-state index in [0.717, 1.165) is 25.2 Å². The maximum atomic E-state index is 5.36. The summed E-state index contributed by atoms with van der Waals surface area (Å²) in [6.07, 6.45) is 2.32. The molecule has 1 aromatic heterocycles. The minimum Gasteiger partial charge on any atom is -0.380 e. The van der Waals surface area contributed by atoms with Gasteiger partial charge in [-0.15, -0.1) is 0 Å². The van der Waals surface area contributed by atoms with E-state index in [1.54, 1.807) is 7.11 Å². The fourth-order valence-corrected chi connectivity index (χ4v) is 2.51. The molecule has 5 heteroatoms. The summed E-state index contributed by atoms with van der Waals surface area (Å²) in [4.78, 5) is 4.52. The second kappa shape index (κ2) is 3.78. The normalized spacial score (nSPS) is 35.1. The van der Waals surface area contributed by atoms with E-state index in [1.807, 2.05) is 0 Å². The van der Waals surface area contributed by atoms with E-state index in [0.29, 0.717) is 17.2 Å². The van der Waals surface area contributed by atoms with Crippen LogP contribution >= 0.6 is 0 Å². The maximum absolute atomic E-state index is 5.36. The molecule has 0 radical (unpaired) electrons. The lowest BCUT2D eigenvalue weighted by Crippen LogP contribution is -2.16. The zero-order valence-electron chi connectivity index (χ0n) is 10.6. The Bertz CT molecular complexity index is 416. The van der Waals surface area contributed by atoms with Crippen LogP contribution in [0.1, 0.15) is 50.4 Å². The van der Waals surface area contributed by atoms with Crippen molar-refractivity contribution in [3.8, 4) is 0 Å². The first kappa shape index (κ1) is 11.2. The fraction of sp³-hybridized carbons (Fsp3) is 0.833. The quantitative estimate of drug-likeness (QED) is 0.865. The Kier molecular flexibility index (Phi) is 2.48. The molecular formula is C12H19N3O2. The van der Waals surface area contributed by atoms with Crippen molar-refractivity contribution in [2.75, 3.05) is 13.7 Å². The number of ether oxygens (including phenoxy) is 1. The highest BCUT2D eigenvalue weighted by molar-refractivity contribution is 5.15. The number of aromatic nitrogens is 2. The Morgan fingerprint density at radius 2 is 2.24 bits per heavy atom. The standard InChI is InChI=1S/C12H19N3O2/c1-12(2)5-8(12)10-14-11(17-15-10)9-4-7(16-3)6-13-9/h7-9,13H,4-6H2,1-3H3/t7-,8?,9+/m0/s1. The van der Waals surface area contributed by atoms with Crippen LogP contribution < -0.4 is 5.32 Å². The zero-order chi connectivity index (χ0) is 12.0. The summed E-state index contributed by atoms with van der Waals surface area (Å²) in [6.45, 7) is 5.33. The van der Waals surface area contributed by atoms with Gasteiger partial charge in [-0.05, 0) is 18.3 Å². The number of rotatable bonds is 3. The van der Waals surface area contributed by atoms with Crippen molar-refractivity contribution in [3.05, 3.63) is 11.7 Å². The molecule has 1 saturated heterocycles. The Hall–Kier alpha value is -0.940. The summed E-state index contributed by atoms with van der Waals surface area (Å²) < 4.78 is 10.7. The molecule has 3 atom stereocenters. The van der Waals surface area contributed by atoms with E-state index in [4.69, 9.17) is 9.26 Å². The topological polar surface area (TPSA) is 60.2 Å². The van der Waals surface area contributed by atoms with Gasteiger partial charge in [0.05, 0.1) is 12.1 Å². The first-order chi connectivity index (χ1) is 8.10. The van der Waals surface area contributed by atoms with Crippen LogP contribution in [0.15, 0.2) is 4.52 Å². The SMILES string of the molecule is CO[C@@H]1CN[C@@H](c2nc(C3CC3(C)C)no2)C1. The Morgan fingerprint density at radius 3 is 2.82 bits per heavy atom. The zero-order valence-corrected chi connectivity index (χ0v) is 10.6. The summed E-state index contributed by atoms with van der Waals surface area (Å²) in [7, 11) is 1.74. The lowest BCUT2D eigenvalue weighted by atomic mass is 10.1. The molecule has 0 amide bonds. The van der Waals surface area contributed by atoms with Crippen molar-refractivity contribution in [2.24, 2.45) is 5.41 Å². The predicted octanol–water partition coefficient (Wildman–Crippen LogP) is 1.63. The molecule has 0 spiro atoms. The van der Waals surface area contributed by atoms with Crippen LogP contribution in [-0.2, 0) is 4.74 Å². The lowest BCUT2D eigenvalue weighted by Gasteiger charge is -2.04. The van der Waals surface area contributed by atoms with Crippen molar-refractivity contribution in [1.82, 2.24) is 15.5 Å². The molecule has 2 heterocycles. The van der Waals surface area contributed by atoms with Crippen molar-refractivity contribution in [2.45, 2.75) is 44.8 Å². The molecule has 0 aromatic carbocycles. The van der Waals surface area contributed by atoms with Gasteiger partial charge < -0.3 is 14.6 Å². The summed E-state index contributed by atoms with van der Waals surface area (Å²) in [5, 5.41) is 7.45. The summed E-state index contributed by atoms with van der Waals surface area (Å²) in [5.41, 5.74) is 0.347. The summed E-state index contributed by atoms with van der Waals surface area (Å²) >= 11 is 0. The van der Waals surface area contributed by atoms with Gasteiger partial charge >= 0.3 is 0 Å². The average Bonchev–Trinajstić information content (AvgIpc) is 2.81.